The van der Waals surface area contributed by atoms with Gasteiger partial charge in [-0.3, -0.25) is 4.68 Å². The lowest BCUT2D eigenvalue weighted by Crippen LogP contribution is -2.48. The van der Waals surface area contributed by atoms with Crippen LogP contribution in [0.3, 0.4) is 0 Å². The fourth-order valence-corrected chi connectivity index (χ4v) is 3.13. The van der Waals surface area contributed by atoms with E-state index < -0.39 is 0 Å². The van der Waals surface area contributed by atoms with Crippen LogP contribution < -0.4 is 5.32 Å². The van der Waals surface area contributed by atoms with Gasteiger partial charge in [0.25, 0.3) is 0 Å². The molecule has 3 nitrogen and oxygen atoms in total. The van der Waals surface area contributed by atoms with Gasteiger partial charge in [0.05, 0.1) is 5.69 Å². The summed E-state index contributed by atoms with van der Waals surface area (Å²) in [5.74, 6) is 0.707. The summed E-state index contributed by atoms with van der Waals surface area (Å²) < 4.78 is 2.06. The van der Waals surface area contributed by atoms with Crippen LogP contribution in [-0.2, 0) is 6.54 Å². The first-order chi connectivity index (χ1) is 9.19. The van der Waals surface area contributed by atoms with Crippen molar-refractivity contribution in [2.45, 2.75) is 70.5 Å². The summed E-state index contributed by atoms with van der Waals surface area (Å²) >= 11 is 6.19. The van der Waals surface area contributed by atoms with Gasteiger partial charge in [0.15, 0.2) is 0 Å². The van der Waals surface area contributed by atoms with Gasteiger partial charge in [0.1, 0.15) is 0 Å². The Kier molecular flexibility index (Phi) is 5.28. The van der Waals surface area contributed by atoms with Gasteiger partial charge in [-0.25, -0.2) is 0 Å². The molecule has 1 N–H and O–H groups in total. The van der Waals surface area contributed by atoms with Crippen molar-refractivity contribution in [2.24, 2.45) is 0 Å². The predicted molar refractivity (Wildman–Crippen MR) is 80.6 cm³/mol. The summed E-state index contributed by atoms with van der Waals surface area (Å²) in [6.07, 6.45) is 9.52. The first-order valence-electron chi connectivity index (χ1n) is 7.54. The van der Waals surface area contributed by atoms with Crippen LogP contribution >= 0.6 is 11.6 Å². The minimum Gasteiger partial charge on any atom is -0.304 e. The SMILES string of the molecule is CCC(C)n1ccc(CNC2(CCl)CCCCC2)n1. The maximum Gasteiger partial charge on any atom is 0.0762 e. The molecule has 0 amide bonds. The van der Waals surface area contributed by atoms with Crippen molar-refractivity contribution in [2.75, 3.05) is 5.88 Å². The van der Waals surface area contributed by atoms with Gasteiger partial charge < -0.3 is 5.32 Å². The molecule has 1 atom stereocenters. The summed E-state index contributed by atoms with van der Waals surface area (Å²) in [5, 5.41) is 8.31. The Morgan fingerprint density at radius 3 is 2.79 bits per heavy atom. The number of rotatable bonds is 6. The van der Waals surface area contributed by atoms with E-state index in [0.29, 0.717) is 11.9 Å². The zero-order chi connectivity index (χ0) is 13.7. The van der Waals surface area contributed by atoms with Crippen LogP contribution in [0.5, 0.6) is 0 Å². The second kappa shape index (κ2) is 6.76. The number of hydrogen-bond acceptors (Lipinski definition) is 2. The van der Waals surface area contributed by atoms with E-state index >= 15 is 0 Å². The molecule has 0 aliphatic heterocycles. The standard InChI is InChI=1S/C15H26ClN3/c1-3-13(2)19-10-7-14(18-19)11-17-15(12-16)8-5-4-6-9-15/h7,10,13,17H,3-6,8-9,11-12H2,1-2H3. The van der Waals surface area contributed by atoms with Gasteiger partial charge in [0, 0.05) is 30.2 Å². The Bertz CT molecular complexity index is 382. The van der Waals surface area contributed by atoms with Gasteiger partial charge in [0.2, 0.25) is 0 Å². The molecule has 0 spiro atoms. The van der Waals surface area contributed by atoms with E-state index in [-0.39, 0.29) is 5.54 Å². The van der Waals surface area contributed by atoms with E-state index in [1.807, 2.05) is 0 Å². The summed E-state index contributed by atoms with van der Waals surface area (Å²) in [5.41, 5.74) is 1.26. The van der Waals surface area contributed by atoms with Crippen molar-refractivity contribution in [3.8, 4) is 0 Å². The summed E-state index contributed by atoms with van der Waals surface area (Å²) in [6.45, 7) is 5.22. The second-order valence-electron chi connectivity index (χ2n) is 5.87. The largest absolute Gasteiger partial charge is 0.304 e. The zero-order valence-electron chi connectivity index (χ0n) is 12.2. The first kappa shape index (κ1) is 14.9. The lowest BCUT2D eigenvalue weighted by atomic mass is 9.83. The van der Waals surface area contributed by atoms with Crippen LogP contribution in [0.25, 0.3) is 0 Å². The van der Waals surface area contributed by atoms with Crippen molar-refractivity contribution in [3.63, 3.8) is 0 Å². The van der Waals surface area contributed by atoms with E-state index in [1.165, 1.54) is 32.1 Å². The molecule has 1 aliphatic carbocycles. The Morgan fingerprint density at radius 1 is 1.42 bits per heavy atom. The van der Waals surface area contributed by atoms with Crippen molar-refractivity contribution in [1.29, 1.82) is 0 Å². The summed E-state index contributed by atoms with van der Waals surface area (Å²) in [7, 11) is 0. The molecule has 1 heterocycles. The van der Waals surface area contributed by atoms with Gasteiger partial charge >= 0.3 is 0 Å². The number of nitrogens with one attached hydrogen (secondary N) is 1. The van der Waals surface area contributed by atoms with Gasteiger partial charge in [-0.15, -0.1) is 11.6 Å². The van der Waals surface area contributed by atoms with Crippen LogP contribution in [0.1, 0.15) is 64.1 Å². The minimum absolute atomic E-state index is 0.139. The number of alkyl halides is 1. The molecule has 0 aromatic carbocycles. The topological polar surface area (TPSA) is 29.9 Å². The highest BCUT2D eigenvalue weighted by Crippen LogP contribution is 2.29. The average molecular weight is 284 g/mol. The molecule has 1 aromatic rings. The fourth-order valence-electron chi connectivity index (χ4n) is 2.77. The molecule has 1 unspecified atom stereocenters. The molecule has 19 heavy (non-hydrogen) atoms. The lowest BCUT2D eigenvalue weighted by Gasteiger charge is -2.36. The Balaban J connectivity index is 1.92. The molecule has 0 saturated heterocycles. The molecule has 1 aliphatic rings. The van der Waals surface area contributed by atoms with Crippen LogP contribution in [-0.4, -0.2) is 21.2 Å². The normalized spacial score (nSPS) is 20.4. The highest BCUT2D eigenvalue weighted by atomic mass is 35.5. The van der Waals surface area contributed by atoms with Gasteiger partial charge in [-0.2, -0.15) is 5.10 Å². The average Bonchev–Trinajstić information content (AvgIpc) is 2.94. The smallest absolute Gasteiger partial charge is 0.0762 e. The summed E-state index contributed by atoms with van der Waals surface area (Å²) in [6, 6.07) is 2.59. The van der Waals surface area contributed by atoms with Crippen LogP contribution in [0.4, 0.5) is 0 Å². The molecular formula is C15H26ClN3. The van der Waals surface area contributed by atoms with Crippen molar-refractivity contribution in [3.05, 3.63) is 18.0 Å². The number of aromatic nitrogens is 2. The molecule has 4 heteroatoms. The highest BCUT2D eigenvalue weighted by Gasteiger charge is 2.30. The van der Waals surface area contributed by atoms with E-state index in [9.17, 15) is 0 Å². The third kappa shape index (κ3) is 3.73. The monoisotopic (exact) mass is 283 g/mol. The highest BCUT2D eigenvalue weighted by molar-refractivity contribution is 6.18. The minimum atomic E-state index is 0.139. The van der Waals surface area contributed by atoms with E-state index in [4.69, 9.17) is 11.6 Å². The Labute approximate surface area is 121 Å². The predicted octanol–water partition coefficient (Wildman–Crippen LogP) is 3.89. The van der Waals surface area contributed by atoms with E-state index in [1.54, 1.807) is 0 Å². The van der Waals surface area contributed by atoms with E-state index in [2.05, 4.69) is 41.2 Å². The number of halogens is 1. The quantitative estimate of drug-likeness (QED) is 0.803. The molecule has 1 saturated carbocycles. The Hall–Kier alpha value is -0.540. The van der Waals surface area contributed by atoms with Gasteiger partial charge in [-0.1, -0.05) is 26.2 Å². The first-order valence-corrected chi connectivity index (χ1v) is 8.07. The molecule has 1 fully saturated rings. The van der Waals surface area contributed by atoms with Gasteiger partial charge in [-0.05, 0) is 32.3 Å². The van der Waals surface area contributed by atoms with E-state index in [0.717, 1.165) is 18.7 Å². The molecule has 0 radical (unpaired) electrons. The van der Waals surface area contributed by atoms with Crippen molar-refractivity contribution >= 4 is 11.6 Å². The molecule has 2 rings (SSSR count). The third-order valence-corrected chi connectivity index (χ3v) is 4.93. The zero-order valence-corrected chi connectivity index (χ0v) is 12.9. The summed E-state index contributed by atoms with van der Waals surface area (Å²) in [4.78, 5) is 0. The molecule has 0 bridgehead atoms. The molecule has 108 valence electrons. The maximum atomic E-state index is 6.19. The Morgan fingerprint density at radius 2 is 2.16 bits per heavy atom. The second-order valence-corrected chi connectivity index (χ2v) is 6.14. The molecule has 1 aromatic heterocycles. The van der Waals surface area contributed by atoms with Crippen LogP contribution in [0, 0.1) is 0 Å². The maximum absolute atomic E-state index is 6.19. The number of nitrogens with zero attached hydrogens (tertiary/aromatic N) is 2. The fraction of sp³-hybridized carbons (Fsp3) is 0.800. The van der Waals surface area contributed by atoms with Crippen LogP contribution in [0.2, 0.25) is 0 Å². The van der Waals surface area contributed by atoms with Crippen LogP contribution in [0.15, 0.2) is 12.3 Å². The molecular weight excluding hydrogens is 258 g/mol. The van der Waals surface area contributed by atoms with Crippen molar-refractivity contribution in [1.82, 2.24) is 15.1 Å². The lowest BCUT2D eigenvalue weighted by molar-refractivity contribution is 0.255. The third-order valence-electron chi connectivity index (χ3n) is 4.42. The number of hydrogen-bond donors (Lipinski definition) is 1. The van der Waals surface area contributed by atoms with Crippen molar-refractivity contribution < 1.29 is 0 Å².